The van der Waals surface area contributed by atoms with Crippen molar-refractivity contribution in [1.82, 2.24) is 14.8 Å². The average Bonchev–Trinajstić information content (AvgIpc) is 2.91. The molecule has 0 saturated heterocycles. The smallest absolute Gasteiger partial charge is 0.408 e. The highest BCUT2D eigenvalue weighted by Gasteiger charge is 2.12. The molecule has 0 aliphatic heterocycles. The van der Waals surface area contributed by atoms with E-state index in [2.05, 4.69) is 22.3 Å². The van der Waals surface area contributed by atoms with E-state index in [1.807, 2.05) is 31.3 Å². The number of benzene rings is 2. The van der Waals surface area contributed by atoms with Crippen molar-refractivity contribution in [3.8, 4) is 0 Å². The lowest BCUT2D eigenvalue weighted by Gasteiger charge is -2.17. The van der Waals surface area contributed by atoms with Crippen LogP contribution in [0, 0.1) is 0 Å². The van der Waals surface area contributed by atoms with E-state index >= 15 is 0 Å². The molecule has 1 aromatic heterocycles. The van der Waals surface area contributed by atoms with Crippen LogP contribution in [-0.2, 0) is 17.9 Å². The van der Waals surface area contributed by atoms with Gasteiger partial charge >= 0.3 is 5.76 Å². The maximum absolute atomic E-state index is 12.1. The monoisotopic (exact) mass is 339 g/mol. The predicted octanol–water partition coefficient (Wildman–Crippen LogP) is 1.84. The molecule has 0 spiro atoms. The second kappa shape index (κ2) is 7.81. The molecular weight excluding hydrogens is 318 g/mol. The van der Waals surface area contributed by atoms with Crippen molar-refractivity contribution in [3.05, 3.63) is 70.7 Å². The molecule has 0 aliphatic rings. The summed E-state index contributed by atoms with van der Waals surface area (Å²) in [6.07, 6.45) is 0. The first-order valence-corrected chi connectivity index (χ1v) is 8.21. The summed E-state index contributed by atoms with van der Waals surface area (Å²) >= 11 is 0. The highest BCUT2D eigenvalue weighted by Crippen LogP contribution is 2.11. The zero-order valence-corrected chi connectivity index (χ0v) is 14.1. The number of carbonyl (C=O) groups is 1. The highest BCUT2D eigenvalue weighted by molar-refractivity contribution is 5.79. The van der Waals surface area contributed by atoms with E-state index in [0.29, 0.717) is 17.6 Å². The molecule has 2 aromatic carbocycles. The summed E-state index contributed by atoms with van der Waals surface area (Å²) in [5.74, 6) is -0.723. The quantitative estimate of drug-likeness (QED) is 0.713. The number of oxazole rings is 1. The average molecular weight is 339 g/mol. The van der Waals surface area contributed by atoms with Crippen LogP contribution in [0.4, 0.5) is 0 Å². The van der Waals surface area contributed by atoms with E-state index in [9.17, 15) is 9.59 Å². The summed E-state index contributed by atoms with van der Waals surface area (Å²) in [4.78, 5) is 26.1. The van der Waals surface area contributed by atoms with Crippen LogP contribution in [-0.4, -0.2) is 35.5 Å². The van der Waals surface area contributed by atoms with Gasteiger partial charge in [0.25, 0.3) is 0 Å². The van der Waals surface area contributed by atoms with Crippen molar-refractivity contribution >= 4 is 17.0 Å². The SMILES string of the molecule is CN(CCNC(=O)Cn1c(=O)oc2ccccc21)Cc1ccccc1. The maximum atomic E-state index is 12.1. The van der Waals surface area contributed by atoms with Gasteiger partial charge in [0.1, 0.15) is 6.54 Å². The summed E-state index contributed by atoms with van der Waals surface area (Å²) in [5.41, 5.74) is 2.35. The summed E-state index contributed by atoms with van der Waals surface area (Å²) in [6, 6.07) is 17.2. The summed E-state index contributed by atoms with van der Waals surface area (Å²) in [5, 5.41) is 2.85. The van der Waals surface area contributed by atoms with Gasteiger partial charge in [-0.25, -0.2) is 4.79 Å². The van der Waals surface area contributed by atoms with Crippen molar-refractivity contribution in [3.63, 3.8) is 0 Å². The number of nitrogens with one attached hydrogen (secondary N) is 1. The molecule has 0 atom stereocenters. The second-order valence-corrected chi connectivity index (χ2v) is 6.00. The molecule has 1 amide bonds. The van der Waals surface area contributed by atoms with Crippen LogP contribution in [0.3, 0.4) is 0 Å². The van der Waals surface area contributed by atoms with E-state index in [1.54, 1.807) is 18.2 Å². The van der Waals surface area contributed by atoms with Crippen LogP contribution in [0.1, 0.15) is 5.56 Å². The summed E-state index contributed by atoms with van der Waals surface area (Å²) in [7, 11) is 2.01. The first-order valence-electron chi connectivity index (χ1n) is 8.21. The van der Waals surface area contributed by atoms with Crippen LogP contribution < -0.4 is 11.1 Å². The van der Waals surface area contributed by atoms with Gasteiger partial charge in [0.2, 0.25) is 5.91 Å². The first kappa shape index (κ1) is 17.0. The Hall–Kier alpha value is -2.86. The lowest BCUT2D eigenvalue weighted by molar-refractivity contribution is -0.121. The van der Waals surface area contributed by atoms with Crippen LogP contribution in [0.2, 0.25) is 0 Å². The van der Waals surface area contributed by atoms with Crippen molar-refractivity contribution in [2.75, 3.05) is 20.1 Å². The molecule has 25 heavy (non-hydrogen) atoms. The minimum absolute atomic E-state index is 0.0434. The lowest BCUT2D eigenvalue weighted by atomic mass is 10.2. The standard InChI is InChI=1S/C19H21N3O3/c1-21(13-15-7-3-2-4-8-15)12-11-20-18(23)14-22-16-9-5-6-10-17(16)25-19(22)24/h2-10H,11-14H2,1H3,(H,20,23). The molecule has 3 rings (SSSR count). The second-order valence-electron chi connectivity index (χ2n) is 6.00. The number of aromatic nitrogens is 1. The van der Waals surface area contributed by atoms with E-state index < -0.39 is 5.76 Å². The van der Waals surface area contributed by atoms with Gasteiger partial charge < -0.3 is 14.6 Å². The van der Waals surface area contributed by atoms with Crippen LogP contribution in [0.25, 0.3) is 11.1 Å². The third-order valence-corrected chi connectivity index (χ3v) is 3.99. The number of fused-ring (bicyclic) bond motifs is 1. The number of amides is 1. The summed E-state index contributed by atoms with van der Waals surface area (Å²) in [6.45, 7) is 2.02. The van der Waals surface area contributed by atoms with Crippen molar-refractivity contribution < 1.29 is 9.21 Å². The molecule has 0 bridgehead atoms. The van der Waals surface area contributed by atoms with Gasteiger partial charge in [0.15, 0.2) is 5.58 Å². The van der Waals surface area contributed by atoms with Crippen LogP contribution in [0.15, 0.2) is 63.8 Å². The van der Waals surface area contributed by atoms with Gasteiger partial charge in [-0.2, -0.15) is 0 Å². The molecule has 0 radical (unpaired) electrons. The van der Waals surface area contributed by atoms with Gasteiger partial charge in [0.05, 0.1) is 5.52 Å². The Morgan fingerprint density at radius 2 is 1.84 bits per heavy atom. The Bertz CT molecular complexity index is 899. The molecule has 0 unspecified atom stereocenters. The Balaban J connectivity index is 1.49. The largest absolute Gasteiger partial charge is 0.420 e. The van der Waals surface area contributed by atoms with Crippen molar-refractivity contribution in [2.45, 2.75) is 13.1 Å². The zero-order valence-electron chi connectivity index (χ0n) is 14.1. The number of nitrogens with zero attached hydrogens (tertiary/aromatic N) is 2. The maximum Gasteiger partial charge on any atom is 0.420 e. The van der Waals surface area contributed by atoms with E-state index in [-0.39, 0.29) is 12.5 Å². The zero-order chi connectivity index (χ0) is 17.6. The molecule has 130 valence electrons. The fourth-order valence-electron chi connectivity index (χ4n) is 2.72. The van der Waals surface area contributed by atoms with Gasteiger partial charge in [-0.15, -0.1) is 0 Å². The molecule has 0 saturated carbocycles. The number of likely N-dealkylation sites (N-methyl/N-ethyl adjacent to an activating group) is 1. The van der Waals surface area contributed by atoms with Gasteiger partial charge in [0, 0.05) is 19.6 Å². The minimum atomic E-state index is -0.516. The normalized spacial score (nSPS) is 11.1. The number of hydrogen-bond acceptors (Lipinski definition) is 4. The molecule has 0 fully saturated rings. The minimum Gasteiger partial charge on any atom is -0.408 e. The van der Waals surface area contributed by atoms with E-state index in [0.717, 1.165) is 13.1 Å². The van der Waals surface area contributed by atoms with Gasteiger partial charge in [-0.3, -0.25) is 9.36 Å². The fourth-order valence-corrected chi connectivity index (χ4v) is 2.72. The molecule has 6 heteroatoms. The number of hydrogen-bond donors (Lipinski definition) is 1. The Labute approximate surface area is 145 Å². The third kappa shape index (κ3) is 4.36. The van der Waals surface area contributed by atoms with Gasteiger partial charge in [-0.1, -0.05) is 42.5 Å². The molecule has 1 N–H and O–H groups in total. The molecular formula is C19H21N3O3. The Morgan fingerprint density at radius 3 is 2.64 bits per heavy atom. The van der Waals surface area contributed by atoms with Crippen molar-refractivity contribution in [2.24, 2.45) is 0 Å². The highest BCUT2D eigenvalue weighted by atomic mass is 16.4. The first-order chi connectivity index (χ1) is 12.1. The van der Waals surface area contributed by atoms with Crippen LogP contribution in [0.5, 0.6) is 0 Å². The fraction of sp³-hybridized carbons (Fsp3) is 0.263. The molecule has 0 aliphatic carbocycles. The van der Waals surface area contributed by atoms with Gasteiger partial charge in [-0.05, 0) is 24.7 Å². The van der Waals surface area contributed by atoms with Crippen molar-refractivity contribution in [1.29, 1.82) is 0 Å². The number of rotatable bonds is 7. The van der Waals surface area contributed by atoms with Crippen LogP contribution >= 0.6 is 0 Å². The molecule has 3 aromatic rings. The molecule has 1 heterocycles. The molecule has 6 nitrogen and oxygen atoms in total. The lowest BCUT2D eigenvalue weighted by Crippen LogP contribution is -2.36. The Morgan fingerprint density at radius 1 is 1.12 bits per heavy atom. The topological polar surface area (TPSA) is 67.5 Å². The predicted molar refractivity (Wildman–Crippen MR) is 96.3 cm³/mol. The van der Waals surface area contributed by atoms with E-state index in [4.69, 9.17) is 4.42 Å². The number of carbonyl (C=O) groups excluding carboxylic acids is 1. The Kier molecular flexibility index (Phi) is 5.30. The third-order valence-electron chi connectivity index (χ3n) is 3.99. The summed E-state index contributed by atoms with van der Waals surface area (Å²) < 4.78 is 6.47. The van der Waals surface area contributed by atoms with E-state index in [1.165, 1.54) is 10.1 Å². The number of para-hydroxylation sites is 2.